The lowest BCUT2D eigenvalue weighted by Gasteiger charge is -2.33. The highest BCUT2D eigenvalue weighted by molar-refractivity contribution is 6.32. The number of imide groups is 1. The molecule has 2 aromatic carbocycles. The van der Waals surface area contributed by atoms with E-state index in [2.05, 4.69) is 15.2 Å². The van der Waals surface area contributed by atoms with Crippen molar-refractivity contribution >= 4 is 46.5 Å². The average Bonchev–Trinajstić information content (AvgIpc) is 2.92. The lowest BCUT2D eigenvalue weighted by molar-refractivity contribution is 0.0424. The third-order valence-electron chi connectivity index (χ3n) is 7.18. The first kappa shape index (κ1) is 36.0. The lowest BCUT2D eigenvalue weighted by Crippen LogP contribution is -2.45. The number of carbonyl (C=O) groups is 3. The number of piperidine rings is 1. The molecule has 0 aliphatic carbocycles. The van der Waals surface area contributed by atoms with Gasteiger partial charge in [0.25, 0.3) is 0 Å². The van der Waals surface area contributed by atoms with Crippen LogP contribution in [0.15, 0.2) is 48.7 Å². The number of likely N-dealkylation sites (tertiary alicyclic amines) is 1. The Bertz CT molecular complexity index is 1570. The van der Waals surface area contributed by atoms with Gasteiger partial charge >= 0.3 is 18.3 Å². The molecule has 1 aromatic heterocycles. The first-order valence-electron chi connectivity index (χ1n) is 15.9. The Hall–Kier alpha value is -3.89. The Morgan fingerprint density at radius 3 is 1.94 bits per heavy atom. The molecule has 0 unspecified atom stereocenters. The lowest BCUT2D eigenvalue weighted by atomic mass is 9.97. The number of hydrogen-bond acceptors (Lipinski definition) is 8. The van der Waals surface area contributed by atoms with Gasteiger partial charge < -0.3 is 19.5 Å². The van der Waals surface area contributed by atoms with Crippen LogP contribution >= 0.6 is 11.6 Å². The molecular weight excluding hydrogens is 620 g/mol. The van der Waals surface area contributed by atoms with Crippen molar-refractivity contribution in [1.29, 1.82) is 0 Å². The van der Waals surface area contributed by atoms with Crippen LogP contribution in [-0.4, -0.2) is 64.1 Å². The first-order valence-corrected chi connectivity index (χ1v) is 16.3. The van der Waals surface area contributed by atoms with E-state index >= 15 is 0 Å². The predicted molar refractivity (Wildman–Crippen MR) is 185 cm³/mol. The van der Waals surface area contributed by atoms with Crippen molar-refractivity contribution in [2.24, 2.45) is 0 Å². The summed E-state index contributed by atoms with van der Waals surface area (Å²) in [6.07, 6.45) is 0.980. The van der Waals surface area contributed by atoms with Gasteiger partial charge in [0.1, 0.15) is 16.8 Å². The van der Waals surface area contributed by atoms with E-state index in [0.717, 1.165) is 52.9 Å². The molecule has 1 N–H and O–H groups in total. The van der Waals surface area contributed by atoms with Crippen LogP contribution < -0.4 is 10.2 Å². The molecule has 0 spiro atoms. The minimum atomic E-state index is -0.906. The molecule has 254 valence electrons. The number of anilines is 1. The maximum atomic E-state index is 13.6. The quantitative estimate of drug-likeness (QED) is 0.269. The SMILES string of the molecule is CC(C)(C)OC(=O)NC1CCN(Cc2cc3c(-c4ccccc4)cnc(N(C(=O)OC(C)(C)C)C(=O)OC(C)(C)C)c3cc2Cl)CC1. The van der Waals surface area contributed by atoms with E-state index in [4.69, 9.17) is 25.8 Å². The summed E-state index contributed by atoms with van der Waals surface area (Å²) in [6, 6.07) is 13.5. The van der Waals surface area contributed by atoms with Gasteiger partial charge in [-0.15, -0.1) is 0 Å². The van der Waals surface area contributed by atoms with Gasteiger partial charge in [-0.05, 0) is 104 Å². The Labute approximate surface area is 282 Å². The molecule has 47 heavy (non-hydrogen) atoms. The van der Waals surface area contributed by atoms with Gasteiger partial charge in [0.2, 0.25) is 0 Å². The summed E-state index contributed by atoms with van der Waals surface area (Å²) in [5.41, 5.74) is 0.307. The van der Waals surface area contributed by atoms with Gasteiger partial charge in [-0.25, -0.2) is 19.4 Å². The molecule has 3 amide bonds. The molecule has 0 atom stereocenters. The number of hydrogen-bond donors (Lipinski definition) is 1. The summed E-state index contributed by atoms with van der Waals surface area (Å²) in [6.45, 7) is 18.0. The molecule has 0 radical (unpaired) electrons. The zero-order chi connectivity index (χ0) is 34.7. The summed E-state index contributed by atoms with van der Waals surface area (Å²) < 4.78 is 16.7. The number of alkyl carbamates (subject to hydrolysis) is 1. The highest BCUT2D eigenvalue weighted by atomic mass is 35.5. The fourth-order valence-corrected chi connectivity index (χ4v) is 5.47. The molecule has 11 heteroatoms. The van der Waals surface area contributed by atoms with Crippen molar-refractivity contribution in [3.8, 4) is 11.1 Å². The molecule has 0 saturated carbocycles. The molecule has 1 aliphatic heterocycles. The molecule has 10 nitrogen and oxygen atoms in total. The number of rotatable bonds is 5. The second kappa shape index (κ2) is 14.1. The number of ether oxygens (including phenoxy) is 3. The summed E-state index contributed by atoms with van der Waals surface area (Å²) in [7, 11) is 0. The molecular formula is C36H47ClN4O6. The second-order valence-corrected chi connectivity index (χ2v) is 15.3. The van der Waals surface area contributed by atoms with Crippen molar-refractivity contribution in [2.45, 2.75) is 105 Å². The van der Waals surface area contributed by atoms with Crippen LogP contribution in [0, 0.1) is 0 Å². The topological polar surface area (TPSA) is 110 Å². The number of pyridine rings is 1. The number of benzene rings is 2. The standard InChI is InChI=1S/C36H47ClN4O6/c1-34(2,3)45-31(42)39-25-15-17-40(18-16-25)22-24-19-26-27(20-29(24)37)30(38-21-28(26)23-13-11-10-12-14-23)41(32(43)46-35(4,5)6)33(44)47-36(7,8)9/h10-14,19-21,25H,15-18,22H2,1-9H3,(H,39,42). The van der Waals surface area contributed by atoms with E-state index in [-0.39, 0.29) is 11.9 Å². The van der Waals surface area contributed by atoms with Crippen LogP contribution in [0.3, 0.4) is 0 Å². The molecule has 1 saturated heterocycles. The van der Waals surface area contributed by atoms with Gasteiger partial charge in [0, 0.05) is 47.8 Å². The van der Waals surface area contributed by atoms with Gasteiger partial charge in [0.05, 0.1) is 0 Å². The van der Waals surface area contributed by atoms with E-state index in [1.54, 1.807) is 53.8 Å². The van der Waals surface area contributed by atoms with Crippen molar-refractivity contribution in [3.63, 3.8) is 0 Å². The van der Waals surface area contributed by atoms with Crippen molar-refractivity contribution in [1.82, 2.24) is 15.2 Å². The number of halogens is 1. The van der Waals surface area contributed by atoms with Crippen LogP contribution in [0.4, 0.5) is 20.2 Å². The highest BCUT2D eigenvalue weighted by Crippen LogP contribution is 2.38. The van der Waals surface area contributed by atoms with E-state index < -0.39 is 35.1 Å². The van der Waals surface area contributed by atoms with Gasteiger partial charge in [-0.3, -0.25) is 4.90 Å². The van der Waals surface area contributed by atoms with Gasteiger partial charge in [-0.2, -0.15) is 4.90 Å². The summed E-state index contributed by atoms with van der Waals surface area (Å²) >= 11 is 6.95. The van der Waals surface area contributed by atoms with Crippen molar-refractivity contribution < 1.29 is 28.6 Å². The Balaban J connectivity index is 1.71. The third-order valence-corrected chi connectivity index (χ3v) is 7.54. The average molecular weight is 667 g/mol. The normalized spacial score (nSPS) is 14.9. The summed E-state index contributed by atoms with van der Waals surface area (Å²) in [5, 5.41) is 4.71. The summed E-state index contributed by atoms with van der Waals surface area (Å²) in [4.78, 5) is 47.1. The van der Waals surface area contributed by atoms with Crippen LogP contribution in [0.2, 0.25) is 5.02 Å². The number of aromatic nitrogens is 1. The molecule has 3 aromatic rings. The molecule has 2 heterocycles. The fraction of sp³-hybridized carbons (Fsp3) is 0.500. The third kappa shape index (κ3) is 10.0. The van der Waals surface area contributed by atoms with Gasteiger partial charge in [0.15, 0.2) is 5.82 Å². The van der Waals surface area contributed by atoms with E-state index in [0.29, 0.717) is 17.0 Å². The van der Waals surface area contributed by atoms with Crippen LogP contribution in [0.25, 0.3) is 21.9 Å². The number of fused-ring (bicyclic) bond motifs is 1. The fourth-order valence-electron chi connectivity index (χ4n) is 5.25. The van der Waals surface area contributed by atoms with E-state index in [1.165, 1.54) is 0 Å². The zero-order valence-electron chi connectivity index (χ0n) is 28.9. The van der Waals surface area contributed by atoms with Crippen LogP contribution in [-0.2, 0) is 20.8 Å². The monoisotopic (exact) mass is 666 g/mol. The summed E-state index contributed by atoms with van der Waals surface area (Å²) in [5.74, 6) is 0.0608. The zero-order valence-corrected chi connectivity index (χ0v) is 29.7. The maximum Gasteiger partial charge on any atom is 0.425 e. The Morgan fingerprint density at radius 2 is 1.40 bits per heavy atom. The Morgan fingerprint density at radius 1 is 0.851 bits per heavy atom. The number of nitrogens with one attached hydrogen (secondary N) is 1. The number of carbonyl (C=O) groups excluding carboxylic acids is 3. The molecule has 4 rings (SSSR count). The predicted octanol–water partition coefficient (Wildman–Crippen LogP) is 8.72. The molecule has 1 aliphatic rings. The van der Waals surface area contributed by atoms with Crippen molar-refractivity contribution in [2.75, 3.05) is 18.0 Å². The minimum absolute atomic E-state index is 0.0261. The smallest absolute Gasteiger partial charge is 0.425 e. The molecule has 1 fully saturated rings. The number of amides is 3. The maximum absolute atomic E-state index is 13.6. The largest absolute Gasteiger partial charge is 0.444 e. The van der Waals surface area contributed by atoms with Gasteiger partial charge in [-0.1, -0.05) is 41.9 Å². The number of nitrogens with zero attached hydrogens (tertiary/aromatic N) is 3. The molecule has 0 bridgehead atoms. The van der Waals surface area contributed by atoms with Crippen LogP contribution in [0.5, 0.6) is 0 Å². The van der Waals surface area contributed by atoms with Crippen molar-refractivity contribution in [3.05, 3.63) is 59.2 Å². The Kier molecular flexibility index (Phi) is 10.8. The van der Waals surface area contributed by atoms with E-state index in [1.807, 2.05) is 57.2 Å². The highest BCUT2D eigenvalue weighted by Gasteiger charge is 2.35. The minimum Gasteiger partial charge on any atom is -0.444 e. The first-order chi connectivity index (χ1) is 21.8. The van der Waals surface area contributed by atoms with E-state index in [9.17, 15) is 14.4 Å². The second-order valence-electron chi connectivity index (χ2n) is 14.8. The van der Waals surface area contributed by atoms with Crippen LogP contribution in [0.1, 0.15) is 80.7 Å².